The number of hydrogen-bond donors (Lipinski definition) is 0. The van der Waals surface area contributed by atoms with Crippen molar-refractivity contribution in [2.45, 2.75) is 77.1 Å². The molecule has 2 aromatic carbocycles. The van der Waals surface area contributed by atoms with Crippen LogP contribution in [0.15, 0.2) is 71.8 Å². The van der Waals surface area contributed by atoms with Crippen molar-refractivity contribution in [3.8, 4) is 23.3 Å². The molecule has 0 spiro atoms. The highest BCUT2D eigenvalue weighted by Crippen LogP contribution is 2.36. The molecule has 1 saturated heterocycles. The van der Waals surface area contributed by atoms with Gasteiger partial charge in [0.25, 0.3) is 0 Å². The highest BCUT2D eigenvalue weighted by atomic mass is 32.2. The predicted molar refractivity (Wildman–Crippen MR) is 155 cm³/mol. The number of aryl methyl sites for hydroxylation is 1. The Bertz CT molecular complexity index is 1150. The number of rotatable bonds is 12. The summed E-state index contributed by atoms with van der Waals surface area (Å²) in [6.07, 6.45) is 9.28. The minimum Gasteiger partial charge on any atom is -0.616 e. The van der Waals surface area contributed by atoms with Crippen molar-refractivity contribution in [2.75, 3.05) is 12.4 Å². The van der Waals surface area contributed by atoms with Crippen molar-refractivity contribution in [3.63, 3.8) is 0 Å². The molecular formula is C33H40O3S. The summed E-state index contributed by atoms with van der Waals surface area (Å²) < 4.78 is 23.8. The molecule has 37 heavy (non-hydrogen) atoms. The van der Waals surface area contributed by atoms with Gasteiger partial charge in [0, 0.05) is 18.4 Å². The highest BCUT2D eigenvalue weighted by molar-refractivity contribution is 7.99. The molecule has 2 aliphatic rings. The largest absolute Gasteiger partial charge is 0.616 e. The van der Waals surface area contributed by atoms with E-state index in [1.807, 2.05) is 24.3 Å². The second-order valence-corrected chi connectivity index (χ2v) is 11.9. The monoisotopic (exact) mass is 516 g/mol. The fourth-order valence-corrected chi connectivity index (χ4v) is 5.78. The number of benzene rings is 2. The molecular weight excluding hydrogens is 476 g/mol. The van der Waals surface area contributed by atoms with Crippen LogP contribution in [0.3, 0.4) is 0 Å². The van der Waals surface area contributed by atoms with Gasteiger partial charge in [0.05, 0.1) is 6.61 Å². The Morgan fingerprint density at radius 3 is 2.54 bits per heavy atom. The molecule has 0 amide bonds. The molecule has 4 atom stereocenters. The molecule has 0 N–H and O–H groups in total. The smallest absolute Gasteiger partial charge is 0.178 e. The molecule has 4 heteroatoms. The summed E-state index contributed by atoms with van der Waals surface area (Å²) in [4.78, 5) is 0. The average molecular weight is 517 g/mol. The van der Waals surface area contributed by atoms with Gasteiger partial charge in [-0.3, -0.25) is 0 Å². The lowest BCUT2D eigenvalue weighted by molar-refractivity contribution is 0.286. The van der Waals surface area contributed by atoms with Crippen molar-refractivity contribution in [3.05, 3.63) is 83.0 Å². The fraction of sp³-hybridized carbons (Fsp3) is 0.455. The molecule has 1 heterocycles. The second kappa shape index (κ2) is 13.3. The van der Waals surface area contributed by atoms with Crippen molar-refractivity contribution in [1.82, 2.24) is 0 Å². The van der Waals surface area contributed by atoms with Crippen LogP contribution in [-0.2, 0) is 17.6 Å². The molecule has 0 bridgehead atoms. The van der Waals surface area contributed by atoms with E-state index in [-0.39, 0.29) is 6.10 Å². The summed E-state index contributed by atoms with van der Waals surface area (Å²) in [5.74, 6) is 10.0. The van der Waals surface area contributed by atoms with Crippen molar-refractivity contribution in [1.29, 1.82) is 0 Å². The molecule has 3 unspecified atom stereocenters. The Balaban J connectivity index is 1.36. The standard InChI is InChI=1S/C33H40O3S/c1-5-7-9-31(36-32-11-8-10-30(21-32)35-22-27-12-13-27)20-24(3)28(6-2)17-14-26-15-18-29(19-16-26)25(4)33-23-37(33)34/h6,8,10-11,15-16,18-21,25,27,31,33H,5,12-14,17,22-23H2,1-4H3/b24-20-,28-6-/t25?,31?,33-,37?/m0/s1. The van der Waals surface area contributed by atoms with Gasteiger partial charge in [-0.25, -0.2) is 0 Å². The summed E-state index contributed by atoms with van der Waals surface area (Å²) >= 11 is -0.613. The first-order chi connectivity index (χ1) is 18.0. The molecule has 196 valence electrons. The van der Waals surface area contributed by atoms with E-state index in [1.165, 1.54) is 35.1 Å². The SMILES string of the molecule is C/C=C(CCc1ccc(C(C)[C@@H]2C[S+]2[O-])cc1)\C(C)=C/C(C#CCC)Oc1cccc(OCC2CC2)c1. The van der Waals surface area contributed by atoms with Crippen LogP contribution in [0, 0.1) is 17.8 Å². The Morgan fingerprint density at radius 2 is 1.89 bits per heavy atom. The summed E-state index contributed by atoms with van der Waals surface area (Å²) in [6, 6.07) is 16.8. The molecule has 1 aliphatic heterocycles. The van der Waals surface area contributed by atoms with E-state index in [2.05, 4.69) is 76.0 Å². The van der Waals surface area contributed by atoms with Crippen molar-refractivity contribution >= 4 is 11.2 Å². The number of ether oxygens (including phenoxy) is 2. The Labute approximate surface area is 226 Å². The Morgan fingerprint density at radius 1 is 1.16 bits per heavy atom. The van der Waals surface area contributed by atoms with Crippen molar-refractivity contribution in [2.24, 2.45) is 5.92 Å². The van der Waals surface area contributed by atoms with E-state index in [4.69, 9.17) is 9.47 Å². The summed E-state index contributed by atoms with van der Waals surface area (Å²) in [7, 11) is 0. The topological polar surface area (TPSA) is 41.5 Å². The van der Waals surface area contributed by atoms with Gasteiger partial charge in [-0.1, -0.05) is 62.1 Å². The molecule has 2 aromatic rings. The maximum atomic E-state index is 11.6. The minimum atomic E-state index is -0.613. The molecule has 1 saturated carbocycles. The van der Waals surface area contributed by atoms with Crippen LogP contribution >= 0.6 is 0 Å². The molecule has 2 fully saturated rings. The second-order valence-electron chi connectivity index (χ2n) is 10.2. The first kappa shape index (κ1) is 27.4. The fourth-order valence-electron chi connectivity index (χ4n) is 4.47. The zero-order valence-corrected chi connectivity index (χ0v) is 23.5. The van der Waals surface area contributed by atoms with Crippen LogP contribution < -0.4 is 9.47 Å². The van der Waals surface area contributed by atoms with E-state index < -0.39 is 11.2 Å². The first-order valence-corrected chi connectivity index (χ1v) is 15.0. The molecule has 3 nitrogen and oxygen atoms in total. The molecule has 1 aliphatic carbocycles. The third-order valence-electron chi connectivity index (χ3n) is 7.23. The molecule has 4 rings (SSSR count). The average Bonchev–Trinajstić information content (AvgIpc) is 3.84. The quantitative estimate of drug-likeness (QED) is 0.128. The maximum Gasteiger partial charge on any atom is 0.178 e. The Hall–Kier alpha value is -2.61. The predicted octanol–water partition coefficient (Wildman–Crippen LogP) is 7.40. The summed E-state index contributed by atoms with van der Waals surface area (Å²) in [5.41, 5.74) is 5.11. The van der Waals surface area contributed by atoms with Crippen LogP contribution in [0.1, 0.15) is 70.4 Å². The van der Waals surface area contributed by atoms with Gasteiger partial charge >= 0.3 is 0 Å². The first-order valence-electron chi connectivity index (χ1n) is 13.6. The lowest BCUT2D eigenvalue weighted by atomic mass is 9.94. The third-order valence-corrected chi connectivity index (χ3v) is 8.74. The number of allylic oxidation sites excluding steroid dienone is 3. The van der Waals surface area contributed by atoms with E-state index in [0.29, 0.717) is 17.1 Å². The highest BCUT2D eigenvalue weighted by Gasteiger charge is 2.46. The zero-order chi connectivity index (χ0) is 26.2. The Kier molecular flexibility index (Phi) is 9.83. The number of hydrogen-bond acceptors (Lipinski definition) is 3. The van der Waals surface area contributed by atoms with E-state index >= 15 is 0 Å². The van der Waals surface area contributed by atoms with Gasteiger partial charge in [-0.2, -0.15) is 0 Å². The van der Waals surface area contributed by atoms with Crippen LogP contribution in [0.4, 0.5) is 0 Å². The van der Waals surface area contributed by atoms with Crippen LogP contribution in [-0.4, -0.2) is 28.3 Å². The van der Waals surface area contributed by atoms with Crippen LogP contribution in [0.25, 0.3) is 0 Å². The maximum absolute atomic E-state index is 11.6. The lowest BCUT2D eigenvalue weighted by Gasteiger charge is -2.15. The lowest BCUT2D eigenvalue weighted by Crippen LogP contribution is -2.12. The van der Waals surface area contributed by atoms with Crippen LogP contribution in [0.5, 0.6) is 11.5 Å². The van der Waals surface area contributed by atoms with Crippen LogP contribution in [0.2, 0.25) is 0 Å². The molecule has 0 radical (unpaired) electrons. The van der Waals surface area contributed by atoms with Gasteiger partial charge in [-0.15, -0.1) is 0 Å². The summed E-state index contributed by atoms with van der Waals surface area (Å²) in [6.45, 7) is 9.28. The van der Waals surface area contributed by atoms with Gasteiger partial charge in [-0.05, 0) is 97.1 Å². The van der Waals surface area contributed by atoms with Crippen molar-refractivity contribution < 1.29 is 14.0 Å². The summed E-state index contributed by atoms with van der Waals surface area (Å²) in [5, 5.41) is 0.344. The van der Waals surface area contributed by atoms with Gasteiger partial charge in [0.2, 0.25) is 0 Å². The normalized spacial score (nSPS) is 21.0. The zero-order valence-electron chi connectivity index (χ0n) is 22.7. The molecule has 0 aromatic heterocycles. The van der Waals surface area contributed by atoms with E-state index in [9.17, 15) is 4.55 Å². The van der Waals surface area contributed by atoms with E-state index in [1.54, 1.807) is 0 Å². The van der Waals surface area contributed by atoms with E-state index in [0.717, 1.165) is 43.1 Å². The van der Waals surface area contributed by atoms with Gasteiger partial charge in [0.1, 0.15) is 11.5 Å². The third kappa shape index (κ3) is 8.45. The van der Waals surface area contributed by atoms with Gasteiger partial charge < -0.3 is 14.0 Å². The minimum absolute atomic E-state index is 0.317. The van der Waals surface area contributed by atoms with Gasteiger partial charge in [0.15, 0.2) is 17.1 Å².